The molecule has 4 rings (SSSR count). The number of amides is 4. The highest BCUT2D eigenvalue weighted by atomic mass is 16.5. The Morgan fingerprint density at radius 1 is 1.24 bits per heavy atom. The molecule has 2 heterocycles. The highest BCUT2D eigenvalue weighted by Gasteiger charge is 2.55. The van der Waals surface area contributed by atoms with Gasteiger partial charge < -0.3 is 20.3 Å². The third-order valence-electron chi connectivity index (χ3n) is 6.33. The summed E-state index contributed by atoms with van der Waals surface area (Å²) >= 11 is 0. The fraction of sp³-hybridized carbons (Fsp3) is 0.571. The zero-order valence-corrected chi connectivity index (χ0v) is 16.8. The molecule has 2 N–H and O–H groups in total. The van der Waals surface area contributed by atoms with Crippen LogP contribution >= 0.6 is 0 Å². The largest absolute Gasteiger partial charge is 0.378 e. The molecule has 3 aliphatic rings. The number of benzene rings is 1. The van der Waals surface area contributed by atoms with E-state index in [1.807, 2.05) is 31.2 Å². The first kappa shape index (κ1) is 19.7. The molecule has 1 aromatic carbocycles. The van der Waals surface area contributed by atoms with Crippen LogP contribution in [0.3, 0.4) is 0 Å². The highest BCUT2D eigenvalue weighted by Crippen LogP contribution is 2.38. The Labute approximate surface area is 170 Å². The van der Waals surface area contributed by atoms with Crippen LogP contribution < -0.4 is 15.5 Å². The predicted octanol–water partition coefficient (Wildman–Crippen LogP) is 1.96. The summed E-state index contributed by atoms with van der Waals surface area (Å²) < 4.78 is 5.40. The van der Waals surface area contributed by atoms with Crippen LogP contribution in [-0.4, -0.2) is 61.1 Å². The van der Waals surface area contributed by atoms with Crippen molar-refractivity contribution in [3.63, 3.8) is 0 Å². The van der Waals surface area contributed by atoms with Gasteiger partial charge in [0.2, 0.25) is 5.91 Å². The maximum Gasteiger partial charge on any atom is 0.325 e. The van der Waals surface area contributed by atoms with E-state index in [0.717, 1.165) is 42.9 Å². The SMILES string of the molecule is C[C@H]1CCCC[C@@]12NC(=O)N(CC(=O)Nc1ccccc1N1CCOCC1)C2=O. The molecule has 2 saturated heterocycles. The van der Waals surface area contributed by atoms with Gasteiger partial charge in [-0.15, -0.1) is 0 Å². The zero-order valence-electron chi connectivity index (χ0n) is 16.8. The first-order valence-corrected chi connectivity index (χ1v) is 10.4. The lowest BCUT2D eigenvalue weighted by Gasteiger charge is -2.36. The van der Waals surface area contributed by atoms with Crippen molar-refractivity contribution in [2.45, 2.75) is 38.1 Å². The van der Waals surface area contributed by atoms with Crippen LogP contribution in [0.2, 0.25) is 0 Å². The van der Waals surface area contributed by atoms with Gasteiger partial charge in [0.25, 0.3) is 5.91 Å². The van der Waals surface area contributed by atoms with Crippen LogP contribution in [0.15, 0.2) is 24.3 Å². The third-order valence-corrected chi connectivity index (χ3v) is 6.33. The molecule has 4 amide bonds. The minimum absolute atomic E-state index is 0.0720. The summed E-state index contributed by atoms with van der Waals surface area (Å²) in [7, 11) is 0. The molecule has 0 unspecified atom stereocenters. The van der Waals surface area contributed by atoms with Gasteiger partial charge in [-0.25, -0.2) is 4.79 Å². The van der Waals surface area contributed by atoms with Crippen molar-refractivity contribution in [1.82, 2.24) is 10.2 Å². The topological polar surface area (TPSA) is 91.0 Å². The number of carbonyl (C=O) groups is 3. The fourth-order valence-electron chi connectivity index (χ4n) is 4.63. The number of hydrogen-bond donors (Lipinski definition) is 2. The summed E-state index contributed by atoms with van der Waals surface area (Å²) in [5, 5.41) is 5.77. The second-order valence-electron chi connectivity index (χ2n) is 8.10. The minimum atomic E-state index is -0.846. The molecule has 8 nitrogen and oxygen atoms in total. The molecule has 1 saturated carbocycles. The van der Waals surface area contributed by atoms with E-state index in [1.54, 1.807) is 0 Å². The summed E-state index contributed by atoms with van der Waals surface area (Å²) in [4.78, 5) is 41.5. The van der Waals surface area contributed by atoms with Crippen molar-refractivity contribution in [3.8, 4) is 0 Å². The lowest BCUT2D eigenvalue weighted by Crippen LogP contribution is -2.54. The van der Waals surface area contributed by atoms with E-state index in [9.17, 15) is 14.4 Å². The Balaban J connectivity index is 1.45. The van der Waals surface area contributed by atoms with Crippen LogP contribution in [0.25, 0.3) is 0 Å². The number of anilines is 2. The van der Waals surface area contributed by atoms with Crippen LogP contribution in [-0.2, 0) is 14.3 Å². The lowest BCUT2D eigenvalue weighted by molar-refractivity contribution is -0.136. The number of ether oxygens (including phenoxy) is 1. The molecule has 29 heavy (non-hydrogen) atoms. The number of urea groups is 1. The highest BCUT2D eigenvalue weighted by molar-refractivity contribution is 6.10. The van der Waals surface area contributed by atoms with E-state index in [1.165, 1.54) is 0 Å². The quantitative estimate of drug-likeness (QED) is 0.754. The molecule has 8 heteroatoms. The van der Waals surface area contributed by atoms with Crippen molar-refractivity contribution >= 4 is 29.2 Å². The molecular weight excluding hydrogens is 372 g/mol. The maximum absolute atomic E-state index is 13.0. The maximum atomic E-state index is 13.0. The van der Waals surface area contributed by atoms with Gasteiger partial charge in [0.1, 0.15) is 12.1 Å². The lowest BCUT2D eigenvalue weighted by atomic mass is 9.73. The molecule has 0 aromatic heterocycles. The number of hydrogen-bond acceptors (Lipinski definition) is 5. The summed E-state index contributed by atoms with van der Waals surface area (Å²) in [5.74, 6) is -0.580. The molecule has 156 valence electrons. The number of imide groups is 1. The molecule has 3 fully saturated rings. The van der Waals surface area contributed by atoms with Crippen molar-refractivity contribution in [3.05, 3.63) is 24.3 Å². The van der Waals surface area contributed by atoms with E-state index in [-0.39, 0.29) is 24.3 Å². The fourth-order valence-corrected chi connectivity index (χ4v) is 4.63. The van der Waals surface area contributed by atoms with Crippen molar-refractivity contribution in [2.75, 3.05) is 43.1 Å². The number of para-hydroxylation sites is 2. The standard InChI is InChI=1S/C21H28N4O4/c1-15-6-4-5-9-21(15)19(27)25(20(28)23-21)14-18(26)22-16-7-2-3-8-17(16)24-10-12-29-13-11-24/h2-3,7-8,15H,4-6,9-14H2,1H3,(H,22,26)(H,23,28)/t15-,21+/m0/s1. The molecule has 1 spiro atoms. The van der Waals surface area contributed by atoms with Crippen molar-refractivity contribution < 1.29 is 19.1 Å². The van der Waals surface area contributed by atoms with E-state index < -0.39 is 11.6 Å². The Hall–Kier alpha value is -2.61. The second kappa shape index (κ2) is 8.02. The van der Waals surface area contributed by atoms with Crippen LogP contribution in [0.5, 0.6) is 0 Å². The van der Waals surface area contributed by atoms with E-state index in [0.29, 0.717) is 25.3 Å². The van der Waals surface area contributed by atoms with Gasteiger partial charge >= 0.3 is 6.03 Å². The van der Waals surface area contributed by atoms with Crippen molar-refractivity contribution in [2.24, 2.45) is 5.92 Å². The Morgan fingerprint density at radius 3 is 2.76 bits per heavy atom. The second-order valence-corrected chi connectivity index (χ2v) is 8.10. The van der Waals surface area contributed by atoms with E-state index >= 15 is 0 Å². The summed E-state index contributed by atoms with van der Waals surface area (Å²) in [5.41, 5.74) is 0.743. The van der Waals surface area contributed by atoms with Crippen molar-refractivity contribution in [1.29, 1.82) is 0 Å². The number of morpholine rings is 1. The number of rotatable bonds is 4. The number of nitrogens with zero attached hydrogens (tertiary/aromatic N) is 2. The normalized spacial score (nSPS) is 27.3. The number of carbonyl (C=O) groups excluding carboxylic acids is 3. The third kappa shape index (κ3) is 3.69. The molecular formula is C21H28N4O4. The predicted molar refractivity (Wildman–Crippen MR) is 109 cm³/mol. The molecule has 1 aromatic rings. The summed E-state index contributed by atoms with van der Waals surface area (Å²) in [6.45, 7) is 4.51. The molecule has 0 radical (unpaired) electrons. The van der Waals surface area contributed by atoms with E-state index in [4.69, 9.17) is 4.74 Å². The Kier molecular flexibility index (Phi) is 5.45. The average molecular weight is 400 g/mol. The number of nitrogens with one attached hydrogen (secondary N) is 2. The molecule has 0 bridgehead atoms. The molecule has 1 aliphatic carbocycles. The molecule has 2 aliphatic heterocycles. The first-order valence-electron chi connectivity index (χ1n) is 10.4. The van der Waals surface area contributed by atoms with Gasteiger partial charge in [0, 0.05) is 13.1 Å². The van der Waals surface area contributed by atoms with Crippen LogP contribution in [0.4, 0.5) is 16.2 Å². The van der Waals surface area contributed by atoms with Gasteiger partial charge in [0.05, 0.1) is 24.6 Å². The summed E-state index contributed by atoms with van der Waals surface area (Å²) in [6.07, 6.45) is 3.50. The van der Waals surface area contributed by atoms with Gasteiger partial charge in [-0.2, -0.15) is 0 Å². The van der Waals surface area contributed by atoms with Gasteiger partial charge in [-0.1, -0.05) is 31.9 Å². The van der Waals surface area contributed by atoms with Crippen LogP contribution in [0, 0.1) is 5.92 Å². The minimum Gasteiger partial charge on any atom is -0.378 e. The zero-order chi connectivity index (χ0) is 20.4. The summed E-state index contributed by atoms with van der Waals surface area (Å²) in [6, 6.07) is 7.09. The van der Waals surface area contributed by atoms with Gasteiger partial charge in [-0.05, 0) is 30.9 Å². The van der Waals surface area contributed by atoms with Gasteiger partial charge in [0.15, 0.2) is 0 Å². The molecule has 2 atom stereocenters. The Morgan fingerprint density at radius 2 is 2.00 bits per heavy atom. The van der Waals surface area contributed by atoms with Gasteiger partial charge in [-0.3, -0.25) is 14.5 Å². The monoisotopic (exact) mass is 400 g/mol. The van der Waals surface area contributed by atoms with E-state index in [2.05, 4.69) is 15.5 Å². The first-order chi connectivity index (χ1) is 14.0. The smallest absolute Gasteiger partial charge is 0.325 e. The Bertz CT molecular complexity index is 808. The van der Waals surface area contributed by atoms with Crippen LogP contribution in [0.1, 0.15) is 32.6 Å². The average Bonchev–Trinajstić information content (AvgIpc) is 2.96.